The zero-order valence-corrected chi connectivity index (χ0v) is 16.8. The predicted molar refractivity (Wildman–Crippen MR) is 102 cm³/mol. The molecule has 1 saturated heterocycles. The molecule has 1 aromatic carbocycles. The summed E-state index contributed by atoms with van der Waals surface area (Å²) in [6.45, 7) is 6.12. The first kappa shape index (κ1) is 18.8. The highest BCUT2D eigenvalue weighted by molar-refractivity contribution is 5.61. The van der Waals surface area contributed by atoms with Crippen LogP contribution in [0, 0.1) is 5.92 Å². The monoisotopic (exact) mass is 377 g/mol. The smallest absolute Gasteiger partial charge is 0.231 e. The van der Waals surface area contributed by atoms with Gasteiger partial charge in [-0.05, 0) is 64.1 Å². The van der Waals surface area contributed by atoms with Gasteiger partial charge in [0.15, 0.2) is 11.5 Å². The van der Waals surface area contributed by atoms with E-state index in [-0.39, 0.29) is 30.5 Å². The molecule has 0 amide bonds. The van der Waals surface area contributed by atoms with Gasteiger partial charge in [-0.2, -0.15) is 0 Å². The lowest BCUT2D eigenvalue weighted by molar-refractivity contribution is -0.0987. The second kappa shape index (κ2) is 7.15. The average Bonchev–Trinajstić information content (AvgIpc) is 3.09. The number of benzene rings is 1. The van der Waals surface area contributed by atoms with Gasteiger partial charge in [-0.15, -0.1) is 0 Å². The van der Waals surface area contributed by atoms with E-state index in [0.29, 0.717) is 18.8 Å². The Morgan fingerprint density at radius 3 is 2.93 bits per heavy atom. The van der Waals surface area contributed by atoms with E-state index in [1.54, 1.807) is 7.11 Å². The number of rotatable bonds is 4. The summed E-state index contributed by atoms with van der Waals surface area (Å²) < 4.78 is 22.9. The quantitative estimate of drug-likeness (QED) is 0.871. The molecule has 3 heterocycles. The number of ether oxygens (including phenoxy) is 4. The van der Waals surface area contributed by atoms with Gasteiger partial charge in [0.05, 0.1) is 18.8 Å². The van der Waals surface area contributed by atoms with E-state index in [1.165, 1.54) is 5.56 Å². The Kier molecular flexibility index (Phi) is 4.99. The van der Waals surface area contributed by atoms with E-state index in [2.05, 4.69) is 31.9 Å². The van der Waals surface area contributed by atoms with Crippen molar-refractivity contribution >= 4 is 0 Å². The minimum absolute atomic E-state index is 0.0964. The first-order valence-electron chi connectivity index (χ1n) is 9.91. The number of aliphatic hydroxyl groups excluding tert-OH is 1. The molecule has 150 valence electrons. The summed E-state index contributed by atoms with van der Waals surface area (Å²) >= 11 is 0. The van der Waals surface area contributed by atoms with Crippen LogP contribution in [0.4, 0.5) is 0 Å². The number of nitrogens with zero attached hydrogens (tertiary/aromatic N) is 1. The van der Waals surface area contributed by atoms with E-state index in [9.17, 15) is 5.11 Å². The summed E-state index contributed by atoms with van der Waals surface area (Å²) in [5.74, 6) is 2.47. The van der Waals surface area contributed by atoms with Crippen LogP contribution in [-0.2, 0) is 11.2 Å². The Morgan fingerprint density at radius 2 is 2.19 bits per heavy atom. The van der Waals surface area contributed by atoms with Crippen LogP contribution in [0.25, 0.3) is 0 Å². The summed E-state index contributed by atoms with van der Waals surface area (Å²) in [5, 5.41) is 11.1. The van der Waals surface area contributed by atoms with Crippen molar-refractivity contribution in [1.82, 2.24) is 4.90 Å². The first-order chi connectivity index (χ1) is 12.9. The molecule has 0 aromatic heterocycles. The van der Waals surface area contributed by atoms with Crippen LogP contribution in [0.5, 0.6) is 17.2 Å². The molecule has 3 aliphatic heterocycles. The van der Waals surface area contributed by atoms with Crippen molar-refractivity contribution in [2.75, 3.05) is 34.1 Å². The standard InChI is InChI=1S/C21H31NO5/c1-21(2)11-14(6-8-27-21)16(23)10-15-18-13(5-7-22(15)3)9-17-19(20(18)24-4)26-12-25-17/h9,14-16,23H,5-8,10-12H2,1-4H3. The van der Waals surface area contributed by atoms with Crippen LogP contribution in [0.1, 0.15) is 50.3 Å². The van der Waals surface area contributed by atoms with E-state index >= 15 is 0 Å². The van der Waals surface area contributed by atoms with Gasteiger partial charge in [-0.1, -0.05) is 0 Å². The molecule has 3 aliphatic rings. The van der Waals surface area contributed by atoms with Gasteiger partial charge in [-0.3, -0.25) is 4.90 Å². The molecule has 27 heavy (non-hydrogen) atoms. The predicted octanol–water partition coefficient (Wildman–Crippen LogP) is 2.91. The summed E-state index contributed by atoms with van der Waals surface area (Å²) in [6, 6.07) is 2.18. The van der Waals surface area contributed by atoms with Crippen molar-refractivity contribution in [1.29, 1.82) is 0 Å². The van der Waals surface area contributed by atoms with Gasteiger partial charge in [0, 0.05) is 24.8 Å². The summed E-state index contributed by atoms with van der Waals surface area (Å²) in [6.07, 6.45) is 3.04. The van der Waals surface area contributed by atoms with Gasteiger partial charge in [0.2, 0.25) is 12.5 Å². The van der Waals surface area contributed by atoms with E-state index in [0.717, 1.165) is 42.9 Å². The van der Waals surface area contributed by atoms with E-state index < -0.39 is 0 Å². The number of methoxy groups -OCH3 is 1. The highest BCUT2D eigenvalue weighted by atomic mass is 16.7. The normalized spacial score (nSPS) is 27.9. The summed E-state index contributed by atoms with van der Waals surface area (Å²) in [5.41, 5.74) is 2.21. The molecule has 1 N–H and O–H groups in total. The fourth-order valence-electron chi connectivity index (χ4n) is 4.85. The zero-order chi connectivity index (χ0) is 19.2. The van der Waals surface area contributed by atoms with Crippen LogP contribution < -0.4 is 14.2 Å². The molecule has 1 fully saturated rings. The molecule has 0 aliphatic carbocycles. The molecule has 1 aromatic rings. The molecule has 0 spiro atoms. The van der Waals surface area contributed by atoms with Crippen molar-refractivity contribution in [2.24, 2.45) is 5.92 Å². The molecular weight excluding hydrogens is 346 g/mol. The number of fused-ring (bicyclic) bond motifs is 2. The molecule has 0 radical (unpaired) electrons. The lowest BCUT2D eigenvalue weighted by atomic mass is 9.80. The van der Waals surface area contributed by atoms with Crippen LogP contribution in [-0.4, -0.2) is 55.8 Å². The second-order valence-corrected chi connectivity index (χ2v) is 8.63. The molecule has 6 heteroatoms. The van der Waals surface area contributed by atoms with Gasteiger partial charge in [-0.25, -0.2) is 0 Å². The van der Waals surface area contributed by atoms with Gasteiger partial charge >= 0.3 is 0 Å². The molecule has 3 unspecified atom stereocenters. The Hall–Kier alpha value is -1.50. The lowest BCUT2D eigenvalue weighted by Crippen LogP contribution is -2.41. The maximum atomic E-state index is 11.1. The molecule has 4 rings (SSSR count). The van der Waals surface area contributed by atoms with Crippen LogP contribution in [0.2, 0.25) is 0 Å². The highest BCUT2D eigenvalue weighted by Gasteiger charge is 2.38. The zero-order valence-electron chi connectivity index (χ0n) is 16.8. The van der Waals surface area contributed by atoms with Crippen molar-refractivity contribution in [2.45, 2.75) is 57.3 Å². The number of hydrogen-bond donors (Lipinski definition) is 1. The third-order valence-electron chi connectivity index (χ3n) is 6.29. The minimum Gasteiger partial charge on any atom is -0.492 e. The fraction of sp³-hybridized carbons (Fsp3) is 0.714. The molecule has 3 atom stereocenters. The van der Waals surface area contributed by atoms with Crippen LogP contribution >= 0.6 is 0 Å². The Bertz CT molecular complexity index is 704. The highest BCUT2D eigenvalue weighted by Crippen LogP contribution is 2.50. The first-order valence-corrected chi connectivity index (χ1v) is 9.91. The van der Waals surface area contributed by atoms with Crippen LogP contribution in [0.3, 0.4) is 0 Å². The minimum atomic E-state index is -0.373. The maximum Gasteiger partial charge on any atom is 0.231 e. The van der Waals surface area contributed by atoms with E-state index in [1.807, 2.05) is 0 Å². The largest absolute Gasteiger partial charge is 0.492 e. The molecule has 0 saturated carbocycles. The molecular formula is C21H31NO5. The number of aliphatic hydroxyl groups is 1. The van der Waals surface area contributed by atoms with Crippen molar-refractivity contribution in [3.05, 3.63) is 17.2 Å². The fourth-order valence-corrected chi connectivity index (χ4v) is 4.85. The molecule has 6 nitrogen and oxygen atoms in total. The second-order valence-electron chi connectivity index (χ2n) is 8.63. The number of likely N-dealkylation sites (N-methyl/N-ethyl adjacent to an activating group) is 1. The van der Waals surface area contributed by atoms with Gasteiger partial charge < -0.3 is 24.1 Å². The Morgan fingerprint density at radius 1 is 1.37 bits per heavy atom. The SMILES string of the molecule is COc1c2c(cc3c1C(CC(O)C1CCOC(C)(C)C1)N(C)CC3)OCO2. The summed E-state index contributed by atoms with van der Waals surface area (Å²) in [7, 11) is 3.80. The van der Waals surface area contributed by atoms with Gasteiger partial charge in [0.1, 0.15) is 0 Å². The van der Waals surface area contributed by atoms with Crippen molar-refractivity contribution in [3.63, 3.8) is 0 Å². The number of hydrogen-bond acceptors (Lipinski definition) is 6. The van der Waals surface area contributed by atoms with Gasteiger partial charge in [0.25, 0.3) is 0 Å². The third kappa shape index (κ3) is 3.50. The Balaban J connectivity index is 1.62. The topological polar surface area (TPSA) is 60.4 Å². The average molecular weight is 377 g/mol. The maximum absolute atomic E-state index is 11.1. The lowest BCUT2D eigenvalue weighted by Gasteiger charge is -2.41. The van der Waals surface area contributed by atoms with Crippen molar-refractivity contribution < 1.29 is 24.1 Å². The van der Waals surface area contributed by atoms with Crippen LogP contribution in [0.15, 0.2) is 6.07 Å². The summed E-state index contributed by atoms with van der Waals surface area (Å²) in [4.78, 5) is 2.32. The third-order valence-corrected chi connectivity index (χ3v) is 6.29. The Labute approximate surface area is 161 Å². The van der Waals surface area contributed by atoms with E-state index in [4.69, 9.17) is 18.9 Å². The molecule has 0 bridgehead atoms. The van der Waals surface area contributed by atoms with Crippen molar-refractivity contribution in [3.8, 4) is 17.2 Å².